The van der Waals surface area contributed by atoms with Crippen LogP contribution in [0.2, 0.25) is 0 Å². The fourth-order valence-corrected chi connectivity index (χ4v) is 2.07. The molecular weight excluding hydrogens is 230 g/mol. The minimum atomic E-state index is -0.152. The Morgan fingerprint density at radius 1 is 1.39 bits per heavy atom. The largest absolute Gasteiger partial charge is 0.491 e. The minimum absolute atomic E-state index is 0.00398. The van der Waals surface area contributed by atoms with Crippen LogP contribution in [0.25, 0.3) is 0 Å². The zero-order valence-corrected chi connectivity index (χ0v) is 9.72. The Kier molecular flexibility index (Phi) is 2.72. The van der Waals surface area contributed by atoms with Crippen LogP contribution in [0.15, 0.2) is 36.5 Å². The third kappa shape index (κ3) is 2.07. The van der Waals surface area contributed by atoms with E-state index in [0.29, 0.717) is 12.3 Å². The van der Waals surface area contributed by atoms with Crippen LogP contribution in [0.3, 0.4) is 0 Å². The van der Waals surface area contributed by atoms with Crippen molar-refractivity contribution in [3.8, 4) is 5.75 Å². The minimum Gasteiger partial charge on any atom is -0.491 e. The number of H-pyrrole nitrogens is 1. The Bertz CT molecular complexity index is 551. The Balaban J connectivity index is 1.68. The molecule has 0 fully saturated rings. The van der Waals surface area contributed by atoms with Gasteiger partial charge in [-0.05, 0) is 24.1 Å². The monoisotopic (exact) mass is 243 g/mol. The number of nitrogens with one attached hydrogen (secondary N) is 2. The fraction of sp³-hybridized carbons (Fsp3) is 0.231. The number of rotatable bonds is 2. The van der Waals surface area contributed by atoms with Crippen molar-refractivity contribution in [3.63, 3.8) is 0 Å². The Labute approximate surface area is 104 Å². The molecule has 1 amide bonds. The second-order valence-corrected chi connectivity index (χ2v) is 4.26. The molecule has 2 aromatic rings. The molecule has 1 aliphatic rings. The van der Waals surface area contributed by atoms with Gasteiger partial charge in [-0.15, -0.1) is 0 Å². The maximum absolute atomic E-state index is 11.8. The van der Waals surface area contributed by atoms with E-state index in [1.165, 1.54) is 0 Å². The number of aromatic amines is 1. The maximum atomic E-state index is 11.8. The van der Waals surface area contributed by atoms with Crippen molar-refractivity contribution >= 4 is 5.91 Å². The first-order valence-corrected chi connectivity index (χ1v) is 5.84. The summed E-state index contributed by atoms with van der Waals surface area (Å²) in [6.45, 7) is 0.497. The average Bonchev–Trinajstić information content (AvgIpc) is 2.92. The van der Waals surface area contributed by atoms with Gasteiger partial charge in [0.1, 0.15) is 18.1 Å². The van der Waals surface area contributed by atoms with Crippen molar-refractivity contribution in [2.75, 3.05) is 6.61 Å². The molecule has 0 saturated heterocycles. The van der Waals surface area contributed by atoms with Crippen LogP contribution in [0.1, 0.15) is 16.1 Å². The first-order chi connectivity index (χ1) is 8.83. The van der Waals surface area contributed by atoms with Crippen molar-refractivity contribution in [2.24, 2.45) is 0 Å². The van der Waals surface area contributed by atoms with Gasteiger partial charge in [-0.25, -0.2) is 0 Å². The summed E-state index contributed by atoms with van der Waals surface area (Å²) in [6, 6.07) is 9.53. The molecule has 3 rings (SSSR count). The molecule has 0 radical (unpaired) electrons. The number of benzene rings is 1. The van der Waals surface area contributed by atoms with E-state index in [4.69, 9.17) is 4.74 Å². The van der Waals surface area contributed by atoms with Crippen molar-refractivity contribution in [2.45, 2.75) is 12.5 Å². The van der Waals surface area contributed by atoms with Gasteiger partial charge in [-0.2, -0.15) is 5.10 Å². The second-order valence-electron chi connectivity index (χ2n) is 4.26. The molecule has 5 nitrogen and oxygen atoms in total. The number of nitrogens with zero attached hydrogens (tertiary/aromatic N) is 1. The summed E-state index contributed by atoms with van der Waals surface area (Å²) in [6.07, 6.45) is 2.34. The standard InChI is InChI=1S/C13H13N3O2/c17-13(11-5-6-14-16-11)15-10-7-9-3-1-2-4-12(9)18-8-10/h1-6,10H,7-8H2,(H,14,16)(H,15,17)/t10-/m1/s1. The van der Waals surface area contributed by atoms with Gasteiger partial charge in [0.2, 0.25) is 0 Å². The molecule has 18 heavy (non-hydrogen) atoms. The zero-order valence-electron chi connectivity index (χ0n) is 9.72. The van der Waals surface area contributed by atoms with Gasteiger partial charge in [0.05, 0.1) is 6.04 Å². The third-order valence-electron chi connectivity index (χ3n) is 2.96. The first-order valence-electron chi connectivity index (χ1n) is 5.84. The van der Waals surface area contributed by atoms with E-state index in [1.54, 1.807) is 12.3 Å². The summed E-state index contributed by atoms with van der Waals surface area (Å²) in [5.41, 5.74) is 1.59. The number of hydrogen-bond donors (Lipinski definition) is 2. The van der Waals surface area contributed by atoms with Crippen LogP contribution in [0, 0.1) is 0 Å². The number of carbonyl (C=O) groups excluding carboxylic acids is 1. The van der Waals surface area contributed by atoms with E-state index >= 15 is 0 Å². The van der Waals surface area contributed by atoms with Gasteiger partial charge in [0.25, 0.3) is 5.91 Å². The topological polar surface area (TPSA) is 67.0 Å². The van der Waals surface area contributed by atoms with Crippen molar-refractivity contribution < 1.29 is 9.53 Å². The summed E-state index contributed by atoms with van der Waals surface area (Å²) < 4.78 is 5.61. The normalized spacial score (nSPS) is 17.7. The van der Waals surface area contributed by atoms with Crippen LogP contribution in [0.5, 0.6) is 5.75 Å². The number of hydrogen-bond acceptors (Lipinski definition) is 3. The number of ether oxygens (including phenoxy) is 1. The van der Waals surface area contributed by atoms with Crippen molar-refractivity contribution in [1.29, 1.82) is 0 Å². The first kappa shape index (κ1) is 10.8. The van der Waals surface area contributed by atoms with Crippen LogP contribution < -0.4 is 10.1 Å². The van der Waals surface area contributed by atoms with Gasteiger partial charge >= 0.3 is 0 Å². The molecule has 2 N–H and O–H groups in total. The average molecular weight is 243 g/mol. The van der Waals surface area contributed by atoms with E-state index in [2.05, 4.69) is 15.5 Å². The summed E-state index contributed by atoms with van der Waals surface area (Å²) in [7, 11) is 0. The molecule has 92 valence electrons. The summed E-state index contributed by atoms with van der Waals surface area (Å²) in [5, 5.41) is 9.32. The molecule has 0 spiro atoms. The highest BCUT2D eigenvalue weighted by Crippen LogP contribution is 2.23. The van der Waals surface area contributed by atoms with Crippen molar-refractivity contribution in [1.82, 2.24) is 15.5 Å². The fourth-order valence-electron chi connectivity index (χ4n) is 2.07. The molecule has 2 heterocycles. The van der Waals surface area contributed by atoms with Crippen molar-refractivity contribution in [3.05, 3.63) is 47.8 Å². The molecule has 1 atom stereocenters. The predicted molar refractivity (Wildman–Crippen MR) is 65.5 cm³/mol. The Morgan fingerprint density at radius 3 is 3.11 bits per heavy atom. The highest BCUT2D eigenvalue weighted by molar-refractivity contribution is 5.92. The SMILES string of the molecule is O=C(N[C@H]1COc2ccccc2C1)c1ccn[nH]1. The van der Waals surface area contributed by atoms with E-state index in [9.17, 15) is 4.79 Å². The Hall–Kier alpha value is -2.30. The molecule has 0 saturated carbocycles. The predicted octanol–water partition coefficient (Wildman–Crippen LogP) is 1.14. The van der Waals surface area contributed by atoms with E-state index < -0.39 is 0 Å². The lowest BCUT2D eigenvalue weighted by molar-refractivity contribution is 0.0910. The zero-order chi connectivity index (χ0) is 12.4. The number of amides is 1. The lowest BCUT2D eigenvalue weighted by Crippen LogP contribution is -2.42. The van der Waals surface area contributed by atoms with Crippen LogP contribution in [0.4, 0.5) is 0 Å². The maximum Gasteiger partial charge on any atom is 0.269 e. The molecule has 0 bridgehead atoms. The second kappa shape index (κ2) is 4.52. The van der Waals surface area contributed by atoms with Crippen LogP contribution >= 0.6 is 0 Å². The quantitative estimate of drug-likeness (QED) is 0.831. The Morgan fingerprint density at radius 2 is 2.28 bits per heavy atom. The van der Waals surface area contributed by atoms with Gasteiger partial charge in [-0.3, -0.25) is 9.89 Å². The third-order valence-corrected chi connectivity index (χ3v) is 2.96. The van der Waals surface area contributed by atoms with Gasteiger partial charge in [0.15, 0.2) is 0 Å². The van der Waals surface area contributed by atoms with Gasteiger partial charge < -0.3 is 10.1 Å². The van der Waals surface area contributed by atoms with E-state index in [-0.39, 0.29) is 11.9 Å². The highest BCUT2D eigenvalue weighted by atomic mass is 16.5. The molecule has 0 unspecified atom stereocenters. The lowest BCUT2D eigenvalue weighted by Gasteiger charge is -2.25. The molecule has 0 aliphatic carbocycles. The number of para-hydroxylation sites is 1. The van der Waals surface area contributed by atoms with Gasteiger partial charge in [0, 0.05) is 6.20 Å². The molecule has 1 aromatic heterocycles. The number of carbonyl (C=O) groups is 1. The van der Waals surface area contributed by atoms with E-state index in [0.717, 1.165) is 17.7 Å². The lowest BCUT2D eigenvalue weighted by atomic mass is 10.0. The highest BCUT2D eigenvalue weighted by Gasteiger charge is 2.21. The smallest absolute Gasteiger partial charge is 0.269 e. The summed E-state index contributed by atoms with van der Waals surface area (Å²) in [5.74, 6) is 0.755. The molecule has 5 heteroatoms. The number of fused-ring (bicyclic) bond motifs is 1. The molecular formula is C13H13N3O2. The van der Waals surface area contributed by atoms with E-state index in [1.807, 2.05) is 24.3 Å². The summed E-state index contributed by atoms with van der Waals surface area (Å²) >= 11 is 0. The van der Waals surface area contributed by atoms with Crippen LogP contribution in [-0.4, -0.2) is 28.8 Å². The molecule has 1 aliphatic heterocycles. The molecule has 1 aromatic carbocycles. The summed E-state index contributed by atoms with van der Waals surface area (Å²) in [4.78, 5) is 11.8. The number of aromatic nitrogens is 2. The van der Waals surface area contributed by atoms with Crippen LogP contribution in [-0.2, 0) is 6.42 Å². The van der Waals surface area contributed by atoms with Gasteiger partial charge in [-0.1, -0.05) is 18.2 Å².